The third-order valence-electron chi connectivity index (χ3n) is 4.19. The van der Waals surface area contributed by atoms with Crippen molar-refractivity contribution in [3.63, 3.8) is 0 Å². The fourth-order valence-corrected chi connectivity index (χ4v) is 2.69. The van der Waals surface area contributed by atoms with Gasteiger partial charge in [0.2, 0.25) is 0 Å². The van der Waals surface area contributed by atoms with Crippen LogP contribution in [0.1, 0.15) is 60.3 Å². The second-order valence-corrected chi connectivity index (χ2v) is 5.69. The maximum atomic E-state index is 12.3. The van der Waals surface area contributed by atoms with Crippen LogP contribution in [0.5, 0.6) is 0 Å². The van der Waals surface area contributed by atoms with Crippen molar-refractivity contribution in [1.29, 1.82) is 0 Å². The Morgan fingerprint density at radius 1 is 1.23 bits per heavy atom. The highest BCUT2D eigenvalue weighted by molar-refractivity contribution is 5.92. The Balaban J connectivity index is 2.41. The molecular weight excluding hydrogens is 274 g/mol. The van der Waals surface area contributed by atoms with Gasteiger partial charge in [0, 0.05) is 18.4 Å². The van der Waals surface area contributed by atoms with Gasteiger partial charge in [-0.1, -0.05) is 44.2 Å². The minimum absolute atomic E-state index is 0.206. The number of hydrogen-bond acceptors (Lipinski definition) is 2. The lowest BCUT2D eigenvalue weighted by Crippen LogP contribution is -2.10. The highest BCUT2D eigenvalue weighted by Gasteiger charge is 2.23. The molecule has 1 unspecified atom stereocenters. The molecule has 0 radical (unpaired) electrons. The van der Waals surface area contributed by atoms with Crippen molar-refractivity contribution < 1.29 is 9.53 Å². The number of aromatic nitrogens is 1. The highest BCUT2D eigenvalue weighted by Crippen LogP contribution is 2.28. The predicted octanol–water partition coefficient (Wildman–Crippen LogP) is 4.54. The molecule has 1 heterocycles. The van der Waals surface area contributed by atoms with Gasteiger partial charge < -0.3 is 9.30 Å². The summed E-state index contributed by atoms with van der Waals surface area (Å²) >= 11 is 0. The van der Waals surface area contributed by atoms with Gasteiger partial charge in [0.25, 0.3) is 0 Å². The summed E-state index contributed by atoms with van der Waals surface area (Å²) < 4.78 is 7.41. The first-order valence-electron chi connectivity index (χ1n) is 7.99. The van der Waals surface area contributed by atoms with Gasteiger partial charge in [-0.05, 0) is 37.3 Å². The molecule has 1 aromatic heterocycles. The number of ether oxygens (including phenoxy) is 1. The molecule has 1 atom stereocenters. The van der Waals surface area contributed by atoms with Crippen LogP contribution in [-0.2, 0) is 11.3 Å². The largest absolute Gasteiger partial charge is 0.462 e. The van der Waals surface area contributed by atoms with E-state index in [1.165, 1.54) is 5.56 Å². The zero-order valence-electron chi connectivity index (χ0n) is 13.9. The number of benzene rings is 1. The molecule has 0 bridgehead atoms. The van der Waals surface area contributed by atoms with Crippen molar-refractivity contribution in [1.82, 2.24) is 4.57 Å². The number of nitrogens with zero attached hydrogens (tertiary/aromatic N) is 1. The van der Waals surface area contributed by atoms with Crippen molar-refractivity contribution >= 4 is 5.97 Å². The van der Waals surface area contributed by atoms with Crippen LogP contribution >= 0.6 is 0 Å². The van der Waals surface area contributed by atoms with Crippen LogP contribution in [0.4, 0.5) is 0 Å². The Kier molecular flexibility index (Phi) is 5.42. The molecule has 0 aliphatic rings. The fourth-order valence-electron chi connectivity index (χ4n) is 2.69. The van der Waals surface area contributed by atoms with Crippen LogP contribution in [0.2, 0.25) is 0 Å². The molecule has 3 nitrogen and oxygen atoms in total. The van der Waals surface area contributed by atoms with E-state index in [1.54, 1.807) is 0 Å². The molecule has 0 N–H and O–H groups in total. The number of hydrogen-bond donors (Lipinski definition) is 0. The zero-order chi connectivity index (χ0) is 16.1. The summed E-state index contributed by atoms with van der Waals surface area (Å²) in [5.41, 5.74) is 4.05. The first-order valence-corrected chi connectivity index (χ1v) is 7.99. The topological polar surface area (TPSA) is 31.2 Å². The number of carbonyl (C=O) groups is 1. The molecule has 2 aromatic rings. The van der Waals surface area contributed by atoms with Crippen LogP contribution < -0.4 is 0 Å². The molecule has 0 aliphatic heterocycles. The first-order chi connectivity index (χ1) is 10.6. The smallest absolute Gasteiger partial charge is 0.340 e. The summed E-state index contributed by atoms with van der Waals surface area (Å²) in [6.07, 6.45) is 3.12. The molecular formula is C19H25NO2. The maximum Gasteiger partial charge on any atom is 0.340 e. The van der Waals surface area contributed by atoms with Crippen molar-refractivity contribution in [2.45, 2.75) is 46.6 Å². The van der Waals surface area contributed by atoms with Crippen LogP contribution in [0.3, 0.4) is 0 Å². The summed E-state index contributed by atoms with van der Waals surface area (Å²) in [7, 11) is 0. The summed E-state index contributed by atoms with van der Waals surface area (Å²) in [4.78, 5) is 12.3. The third kappa shape index (κ3) is 3.41. The molecule has 2 rings (SSSR count). The second-order valence-electron chi connectivity index (χ2n) is 5.69. The zero-order valence-corrected chi connectivity index (χ0v) is 13.9. The maximum absolute atomic E-state index is 12.3. The van der Waals surface area contributed by atoms with Gasteiger partial charge >= 0.3 is 5.97 Å². The lowest BCUT2D eigenvalue weighted by Gasteiger charge is -2.10. The predicted molar refractivity (Wildman–Crippen MR) is 89.4 cm³/mol. The molecule has 118 valence electrons. The van der Waals surface area contributed by atoms with Crippen LogP contribution in [0.25, 0.3) is 0 Å². The van der Waals surface area contributed by atoms with E-state index < -0.39 is 0 Å². The Bertz CT molecular complexity index is 628. The van der Waals surface area contributed by atoms with Crippen LogP contribution in [-0.4, -0.2) is 17.1 Å². The molecule has 1 aromatic carbocycles. The number of rotatable bonds is 6. The van der Waals surface area contributed by atoms with Gasteiger partial charge in [-0.2, -0.15) is 0 Å². The summed E-state index contributed by atoms with van der Waals surface area (Å²) in [6.45, 7) is 9.32. The molecule has 22 heavy (non-hydrogen) atoms. The van der Waals surface area contributed by atoms with Crippen molar-refractivity contribution in [3.05, 3.63) is 58.9 Å². The minimum Gasteiger partial charge on any atom is -0.462 e. The van der Waals surface area contributed by atoms with Crippen molar-refractivity contribution in [2.24, 2.45) is 0 Å². The van der Waals surface area contributed by atoms with E-state index in [-0.39, 0.29) is 5.97 Å². The average molecular weight is 299 g/mol. The van der Waals surface area contributed by atoms with Gasteiger partial charge in [0.05, 0.1) is 12.2 Å². The van der Waals surface area contributed by atoms with E-state index in [0.717, 1.165) is 29.8 Å². The first kappa shape index (κ1) is 16.3. The SMILES string of the molecule is CCOC(=O)c1c(C(C)CC)cn(Cc2ccccc2)c1C. The van der Waals surface area contributed by atoms with Crippen molar-refractivity contribution in [3.8, 4) is 0 Å². The van der Waals surface area contributed by atoms with Gasteiger partial charge in [-0.15, -0.1) is 0 Å². The Morgan fingerprint density at radius 2 is 1.91 bits per heavy atom. The van der Waals surface area contributed by atoms with Gasteiger partial charge in [-0.3, -0.25) is 0 Å². The van der Waals surface area contributed by atoms with Crippen LogP contribution in [0, 0.1) is 6.92 Å². The van der Waals surface area contributed by atoms with E-state index in [9.17, 15) is 4.79 Å². The van der Waals surface area contributed by atoms with E-state index in [0.29, 0.717) is 12.5 Å². The fraction of sp³-hybridized carbons (Fsp3) is 0.421. The lowest BCUT2D eigenvalue weighted by atomic mass is 9.97. The molecule has 3 heteroatoms. The van der Waals surface area contributed by atoms with E-state index in [1.807, 2.05) is 32.0 Å². The number of esters is 1. The highest BCUT2D eigenvalue weighted by atomic mass is 16.5. The molecule has 0 saturated carbocycles. The third-order valence-corrected chi connectivity index (χ3v) is 4.19. The molecule has 0 spiro atoms. The quantitative estimate of drug-likeness (QED) is 0.734. The Labute approximate surface area is 132 Å². The van der Waals surface area contributed by atoms with Gasteiger partial charge in [0.1, 0.15) is 0 Å². The normalized spacial score (nSPS) is 12.2. The van der Waals surface area contributed by atoms with Gasteiger partial charge in [0.15, 0.2) is 0 Å². The van der Waals surface area contributed by atoms with E-state index in [4.69, 9.17) is 4.74 Å². The summed E-state index contributed by atoms with van der Waals surface area (Å²) in [5.74, 6) is 0.136. The molecule has 0 aliphatic carbocycles. The summed E-state index contributed by atoms with van der Waals surface area (Å²) in [5, 5.41) is 0. The van der Waals surface area contributed by atoms with Crippen LogP contribution in [0.15, 0.2) is 36.5 Å². The average Bonchev–Trinajstić information content (AvgIpc) is 2.85. The Hall–Kier alpha value is -2.03. The monoisotopic (exact) mass is 299 g/mol. The summed E-state index contributed by atoms with van der Waals surface area (Å²) in [6, 6.07) is 10.3. The van der Waals surface area contributed by atoms with E-state index in [2.05, 4.69) is 36.7 Å². The minimum atomic E-state index is -0.206. The molecule has 0 saturated heterocycles. The van der Waals surface area contributed by atoms with Gasteiger partial charge in [-0.25, -0.2) is 4.79 Å². The van der Waals surface area contributed by atoms with Crippen molar-refractivity contribution in [2.75, 3.05) is 6.61 Å². The molecule has 0 fully saturated rings. The lowest BCUT2D eigenvalue weighted by molar-refractivity contribution is 0.0523. The standard InChI is InChI=1S/C19H25NO2/c1-5-14(3)17-13-20(12-16-10-8-7-9-11-16)15(4)18(17)19(21)22-6-2/h7-11,13-14H,5-6,12H2,1-4H3. The van der Waals surface area contributed by atoms with E-state index >= 15 is 0 Å². The molecule has 0 amide bonds. The second kappa shape index (κ2) is 7.30. The number of carbonyl (C=O) groups excluding carboxylic acids is 1. The Morgan fingerprint density at radius 3 is 2.50 bits per heavy atom.